The van der Waals surface area contributed by atoms with Gasteiger partial charge < -0.3 is 34.2 Å². The van der Waals surface area contributed by atoms with Gasteiger partial charge in [-0.15, -0.1) is 0 Å². The summed E-state index contributed by atoms with van der Waals surface area (Å²) in [6, 6.07) is 0. The molecule has 0 bridgehead atoms. The van der Waals surface area contributed by atoms with Crippen molar-refractivity contribution in [3.8, 4) is 0 Å². The van der Waals surface area contributed by atoms with Crippen molar-refractivity contribution < 1.29 is 75.8 Å². The van der Waals surface area contributed by atoms with E-state index in [0.717, 1.165) is 173 Å². The van der Waals surface area contributed by atoms with Crippen LogP contribution in [0.3, 0.4) is 0 Å². The maximum Gasteiger partial charge on any atom is 0.472 e. The summed E-state index contributed by atoms with van der Waals surface area (Å²) in [6.45, 7) is 2.45. The summed E-state index contributed by atoms with van der Waals surface area (Å²) in [5, 5.41) is 20.6. The first-order chi connectivity index (χ1) is 50.2. The number of phosphoric ester groups is 2. The third-order valence-corrected chi connectivity index (χ3v) is 18.4. The third kappa shape index (κ3) is 78.3. The van der Waals surface area contributed by atoms with Gasteiger partial charge in [0.25, 0.3) is 0 Å². The second kappa shape index (κ2) is 77.1. The lowest BCUT2D eigenvalue weighted by molar-refractivity contribution is -0.161. The zero-order valence-corrected chi connectivity index (χ0v) is 66.2. The quantitative estimate of drug-likeness (QED) is 0.0146. The molecule has 0 saturated heterocycles. The molecular formula is C85H144O16P2. The largest absolute Gasteiger partial charge is 0.472 e. The highest BCUT2D eigenvalue weighted by Gasteiger charge is 2.29. The number of allylic oxidation sites excluding steroid dienone is 24. The van der Waals surface area contributed by atoms with Crippen LogP contribution in [0.25, 0.3) is 0 Å². The molecule has 0 aromatic rings. The van der Waals surface area contributed by atoms with Crippen LogP contribution >= 0.6 is 15.6 Å². The number of esters is 3. The molecule has 0 fully saturated rings. The van der Waals surface area contributed by atoms with Crippen molar-refractivity contribution >= 4 is 33.6 Å². The number of carbonyl (C=O) groups excluding carboxylic acids is 3. The van der Waals surface area contributed by atoms with Crippen molar-refractivity contribution in [2.75, 3.05) is 39.6 Å². The Morgan fingerprint density at radius 3 is 0.854 bits per heavy atom. The van der Waals surface area contributed by atoms with Crippen LogP contribution in [0.15, 0.2) is 146 Å². The van der Waals surface area contributed by atoms with E-state index >= 15 is 0 Å². The minimum atomic E-state index is -4.94. The van der Waals surface area contributed by atoms with Crippen molar-refractivity contribution in [1.29, 1.82) is 0 Å². The second-order valence-corrected chi connectivity index (χ2v) is 29.4. The molecule has 0 spiro atoms. The number of phosphoric acid groups is 2. The monoisotopic (exact) mass is 1480 g/mol. The summed E-state index contributed by atoms with van der Waals surface area (Å²) in [5.74, 6) is -1.60. The van der Waals surface area contributed by atoms with Gasteiger partial charge in [-0.2, -0.15) is 0 Å². The van der Waals surface area contributed by atoms with Crippen LogP contribution in [0.4, 0.5) is 0 Å². The van der Waals surface area contributed by atoms with Gasteiger partial charge in [-0.1, -0.05) is 301 Å². The minimum Gasteiger partial charge on any atom is -0.463 e. The molecule has 0 saturated carbocycles. The normalized spacial score (nSPS) is 14.7. The number of rotatable bonds is 75. The summed E-state index contributed by atoms with van der Waals surface area (Å²) in [5.41, 5.74) is 0. The SMILES string of the molecule is CC/C=C\C/C=C\C/C=C\C/C=C\C/C=C\C/C=C\CCCCCCCCCCC(=O)OCC(O)COP(=O)(O)OCC(O)COP(=O)(O)OCC(COC(=O)CCCCCCCCCCCCC/C=C\C/C=C\C/C=C\C/C=C\CCCCC)OC(=O)CCCCCCC/C=C\C/C=C\CCC. The van der Waals surface area contributed by atoms with Crippen LogP contribution in [0.1, 0.15) is 316 Å². The van der Waals surface area contributed by atoms with Gasteiger partial charge in [0.05, 0.1) is 26.4 Å². The molecule has 4 N–H and O–H groups in total. The highest BCUT2D eigenvalue weighted by Crippen LogP contribution is 2.45. The van der Waals surface area contributed by atoms with E-state index in [2.05, 4.69) is 167 Å². The number of aliphatic hydroxyl groups is 2. The average molecular weight is 1480 g/mol. The maximum atomic E-state index is 13.0. The fraction of sp³-hybridized carbons (Fsp3) is 0.682. The van der Waals surface area contributed by atoms with Crippen LogP contribution in [0.2, 0.25) is 0 Å². The van der Waals surface area contributed by atoms with Gasteiger partial charge in [-0.3, -0.25) is 32.5 Å². The van der Waals surface area contributed by atoms with Gasteiger partial charge >= 0.3 is 33.6 Å². The lowest BCUT2D eigenvalue weighted by Gasteiger charge is -2.21. The van der Waals surface area contributed by atoms with E-state index in [4.69, 9.17) is 32.3 Å². The fourth-order valence-corrected chi connectivity index (χ4v) is 12.0. The van der Waals surface area contributed by atoms with Crippen molar-refractivity contribution in [1.82, 2.24) is 0 Å². The maximum absolute atomic E-state index is 13.0. The molecule has 0 aliphatic heterocycles. The molecule has 103 heavy (non-hydrogen) atoms. The molecule has 0 heterocycles. The van der Waals surface area contributed by atoms with E-state index in [1.165, 1.54) is 83.5 Å². The van der Waals surface area contributed by atoms with Crippen LogP contribution in [0, 0.1) is 0 Å². The summed E-state index contributed by atoms with van der Waals surface area (Å²) < 4.78 is 61.1. The summed E-state index contributed by atoms with van der Waals surface area (Å²) in [4.78, 5) is 58.6. The van der Waals surface area contributed by atoms with Crippen LogP contribution in [-0.4, -0.2) is 95.9 Å². The van der Waals surface area contributed by atoms with E-state index < -0.39 is 91.5 Å². The lowest BCUT2D eigenvalue weighted by Crippen LogP contribution is -2.30. The molecule has 5 atom stereocenters. The van der Waals surface area contributed by atoms with Gasteiger partial charge in [-0.05, 0) is 141 Å². The molecule has 16 nitrogen and oxygen atoms in total. The molecular weight excluding hydrogens is 1340 g/mol. The Balaban J connectivity index is 4.54. The molecule has 0 amide bonds. The first-order valence-electron chi connectivity index (χ1n) is 40.1. The van der Waals surface area contributed by atoms with Crippen LogP contribution in [0.5, 0.6) is 0 Å². The fourth-order valence-electron chi connectivity index (χ4n) is 10.4. The van der Waals surface area contributed by atoms with Crippen LogP contribution in [-0.2, 0) is 55.8 Å². The van der Waals surface area contributed by atoms with E-state index in [1.807, 2.05) is 0 Å². The number of unbranched alkanes of at least 4 members (excludes halogenated alkanes) is 28. The van der Waals surface area contributed by atoms with Gasteiger partial charge in [-0.25, -0.2) is 9.13 Å². The second-order valence-electron chi connectivity index (χ2n) is 26.5. The standard InChI is InChI=1S/C85H144O16P2/c1-4-7-10-13-16-19-22-25-27-29-31-33-35-37-39-41-43-45-47-49-51-54-56-59-62-65-68-71-83(88)95-74-80(86)75-97-102(91,92)98-76-81(87)77-99-103(93,94)100-79-82(101-85(90)73-70-67-64-61-58-53-24-21-18-15-12-9-6-3)78-96-84(89)72-69-66-63-60-57-55-52-50-48-46-44-42-40-38-36-34-32-30-28-26-23-20-17-14-11-8-5-2/h7,10,12,15-17,19-21,24-28,31-34,37-40,43,45,80-82,86-87H,4-6,8-9,11,13-14,18,22-23,29-30,35-36,41-42,44,46-79H2,1-3H3,(H,91,92)(H,93,94)/b10-7-,15-12-,19-16-,20-17-,24-21-,27-25-,28-26-,33-31-,34-32-,39-37-,40-38-,45-43-. The topological polar surface area (TPSA) is 231 Å². The molecule has 0 aliphatic rings. The Kier molecular flexibility index (Phi) is 73.6. The van der Waals surface area contributed by atoms with E-state index in [1.54, 1.807) is 0 Å². The van der Waals surface area contributed by atoms with Gasteiger partial charge in [0, 0.05) is 19.3 Å². The summed E-state index contributed by atoms with van der Waals surface area (Å²) in [7, 11) is -9.80. The van der Waals surface area contributed by atoms with Crippen molar-refractivity contribution in [3.05, 3.63) is 146 Å². The molecule has 0 aliphatic carbocycles. The predicted molar refractivity (Wildman–Crippen MR) is 426 cm³/mol. The smallest absolute Gasteiger partial charge is 0.463 e. The number of ether oxygens (including phenoxy) is 3. The van der Waals surface area contributed by atoms with Crippen molar-refractivity contribution in [2.45, 2.75) is 334 Å². The van der Waals surface area contributed by atoms with E-state index in [-0.39, 0.29) is 19.3 Å². The third-order valence-electron chi connectivity index (χ3n) is 16.5. The number of carbonyl (C=O) groups is 3. The Bertz CT molecular complexity index is 2450. The summed E-state index contributed by atoms with van der Waals surface area (Å²) >= 11 is 0. The lowest BCUT2D eigenvalue weighted by atomic mass is 10.0. The minimum absolute atomic E-state index is 0.0848. The Morgan fingerprint density at radius 1 is 0.282 bits per heavy atom. The Labute approximate surface area is 626 Å². The molecule has 0 radical (unpaired) electrons. The first-order valence-corrected chi connectivity index (χ1v) is 43.1. The van der Waals surface area contributed by atoms with Crippen molar-refractivity contribution in [2.24, 2.45) is 0 Å². The van der Waals surface area contributed by atoms with Gasteiger partial charge in [0.15, 0.2) is 6.10 Å². The number of aliphatic hydroxyl groups excluding tert-OH is 2. The molecule has 590 valence electrons. The van der Waals surface area contributed by atoms with E-state index in [9.17, 15) is 43.5 Å². The highest BCUT2D eigenvalue weighted by atomic mass is 31.2. The first kappa shape index (κ1) is 98.4. The van der Waals surface area contributed by atoms with Crippen LogP contribution < -0.4 is 0 Å². The molecule has 18 heteroatoms. The van der Waals surface area contributed by atoms with Gasteiger partial charge in [0.2, 0.25) is 0 Å². The molecule has 0 rings (SSSR count). The Morgan fingerprint density at radius 2 is 0.534 bits per heavy atom. The average Bonchev–Trinajstić information content (AvgIpc) is 0.924. The van der Waals surface area contributed by atoms with E-state index in [0.29, 0.717) is 19.3 Å². The number of hydrogen-bond acceptors (Lipinski definition) is 14. The molecule has 5 unspecified atom stereocenters. The highest BCUT2D eigenvalue weighted by molar-refractivity contribution is 7.47. The molecule has 0 aromatic carbocycles. The predicted octanol–water partition coefficient (Wildman–Crippen LogP) is 23.7. The zero-order chi connectivity index (χ0) is 75.2. The Hall–Kier alpha value is -4.57. The zero-order valence-electron chi connectivity index (χ0n) is 64.4. The summed E-state index contributed by atoms with van der Waals surface area (Å²) in [6.07, 6.45) is 94.7. The molecule has 0 aromatic heterocycles. The van der Waals surface area contributed by atoms with Crippen molar-refractivity contribution in [3.63, 3.8) is 0 Å². The number of hydrogen-bond donors (Lipinski definition) is 4. The van der Waals surface area contributed by atoms with Gasteiger partial charge in [0.1, 0.15) is 25.4 Å².